The van der Waals surface area contributed by atoms with Crippen molar-refractivity contribution in [2.75, 3.05) is 19.8 Å². The molecule has 2 aromatic carbocycles. The van der Waals surface area contributed by atoms with Gasteiger partial charge in [0.15, 0.2) is 11.5 Å². The molecule has 1 aromatic heterocycles. The maximum atomic E-state index is 12.0. The molecule has 0 radical (unpaired) electrons. The Balaban J connectivity index is 1.33. The highest BCUT2D eigenvalue weighted by molar-refractivity contribution is 5.75. The average molecular weight is 393 g/mol. The first-order valence-electron chi connectivity index (χ1n) is 9.96. The van der Waals surface area contributed by atoms with Crippen molar-refractivity contribution >= 4 is 5.91 Å². The number of carbonyl (C=O) groups is 1. The largest absolute Gasteiger partial charge is 0.490 e. The molecule has 1 heterocycles. The number of hydrogen-bond donors (Lipinski definition) is 1. The van der Waals surface area contributed by atoms with Gasteiger partial charge in [0.1, 0.15) is 0 Å². The van der Waals surface area contributed by atoms with Crippen LogP contribution in [0, 0.1) is 0 Å². The lowest BCUT2D eigenvalue weighted by Crippen LogP contribution is -2.25. The fraction of sp³-hybridized carbons (Fsp3) is 0.304. The summed E-state index contributed by atoms with van der Waals surface area (Å²) < 4.78 is 13.1. The van der Waals surface area contributed by atoms with Gasteiger partial charge in [0.2, 0.25) is 5.91 Å². The van der Waals surface area contributed by atoms with Crippen LogP contribution in [0.5, 0.6) is 11.5 Å². The Bertz CT molecular complexity index is 893. The topological polar surface area (TPSA) is 65.4 Å². The summed E-state index contributed by atoms with van der Waals surface area (Å²) in [4.78, 5) is 12.0. The van der Waals surface area contributed by atoms with E-state index in [-0.39, 0.29) is 5.91 Å². The molecule has 3 aromatic rings. The fourth-order valence-electron chi connectivity index (χ4n) is 2.90. The van der Waals surface area contributed by atoms with E-state index in [1.165, 1.54) is 0 Å². The lowest BCUT2D eigenvalue weighted by Gasteiger charge is -2.11. The number of nitrogens with one attached hydrogen (secondary N) is 1. The van der Waals surface area contributed by atoms with Gasteiger partial charge in [-0.3, -0.25) is 4.79 Å². The molecule has 0 saturated carbocycles. The Morgan fingerprint density at radius 3 is 2.52 bits per heavy atom. The molecular formula is C23H27N3O3. The zero-order chi connectivity index (χ0) is 20.3. The normalized spacial score (nSPS) is 10.5. The molecular weight excluding hydrogens is 366 g/mol. The Labute approximate surface area is 171 Å². The zero-order valence-corrected chi connectivity index (χ0v) is 16.7. The molecule has 1 N–H and O–H groups in total. The van der Waals surface area contributed by atoms with Gasteiger partial charge in [0.05, 0.1) is 25.1 Å². The maximum Gasteiger partial charge on any atom is 0.220 e. The van der Waals surface area contributed by atoms with Gasteiger partial charge in [-0.25, -0.2) is 4.68 Å². The van der Waals surface area contributed by atoms with Crippen LogP contribution >= 0.6 is 0 Å². The molecule has 0 spiro atoms. The van der Waals surface area contributed by atoms with Crippen molar-refractivity contribution in [3.8, 4) is 17.2 Å². The summed E-state index contributed by atoms with van der Waals surface area (Å²) in [6.07, 6.45) is 5.66. The van der Waals surface area contributed by atoms with Crippen LogP contribution in [0.25, 0.3) is 5.69 Å². The highest BCUT2D eigenvalue weighted by Crippen LogP contribution is 2.26. The number of ether oxygens (including phenoxy) is 2. The highest BCUT2D eigenvalue weighted by Gasteiger charge is 2.06. The molecule has 0 aliphatic carbocycles. The van der Waals surface area contributed by atoms with Crippen molar-refractivity contribution in [1.29, 1.82) is 0 Å². The van der Waals surface area contributed by atoms with E-state index in [0.717, 1.165) is 23.4 Å². The van der Waals surface area contributed by atoms with Crippen LogP contribution in [0.2, 0.25) is 0 Å². The van der Waals surface area contributed by atoms with Crippen LogP contribution in [-0.2, 0) is 11.2 Å². The van der Waals surface area contributed by atoms with Gasteiger partial charge in [0, 0.05) is 19.2 Å². The Kier molecular flexibility index (Phi) is 7.69. The minimum atomic E-state index is 0.0298. The predicted octanol–water partition coefficient (Wildman–Crippen LogP) is 3.79. The number of aromatic nitrogens is 2. The van der Waals surface area contributed by atoms with E-state index in [9.17, 15) is 4.79 Å². The van der Waals surface area contributed by atoms with E-state index in [1.54, 1.807) is 0 Å². The number of para-hydroxylation sites is 3. The van der Waals surface area contributed by atoms with Gasteiger partial charge >= 0.3 is 0 Å². The standard InChI is InChI=1S/C23H27N3O3/c1-2-28-21-11-6-7-12-22(21)29-16-8-13-23(27)24-15-14-19-17-25-26(18-19)20-9-4-3-5-10-20/h3-7,9-12,17-18H,2,8,13-16H2,1H3,(H,24,27). The lowest BCUT2D eigenvalue weighted by atomic mass is 10.2. The van der Waals surface area contributed by atoms with Crippen LogP contribution in [0.15, 0.2) is 67.0 Å². The second kappa shape index (κ2) is 10.9. The second-order valence-electron chi connectivity index (χ2n) is 6.56. The Morgan fingerprint density at radius 2 is 1.76 bits per heavy atom. The molecule has 0 fully saturated rings. The number of carbonyl (C=O) groups excluding carboxylic acids is 1. The van der Waals surface area contributed by atoms with Crippen molar-refractivity contribution in [3.63, 3.8) is 0 Å². The van der Waals surface area contributed by atoms with Crippen molar-refractivity contribution in [2.24, 2.45) is 0 Å². The van der Waals surface area contributed by atoms with Gasteiger partial charge in [-0.1, -0.05) is 30.3 Å². The summed E-state index contributed by atoms with van der Waals surface area (Å²) in [7, 11) is 0. The van der Waals surface area contributed by atoms with Crippen LogP contribution in [0.4, 0.5) is 0 Å². The number of amides is 1. The van der Waals surface area contributed by atoms with E-state index in [1.807, 2.05) is 78.6 Å². The van der Waals surface area contributed by atoms with Crippen LogP contribution < -0.4 is 14.8 Å². The van der Waals surface area contributed by atoms with Crippen molar-refractivity contribution in [2.45, 2.75) is 26.2 Å². The quantitative estimate of drug-likeness (QED) is 0.504. The molecule has 1 amide bonds. The number of nitrogens with zero attached hydrogens (tertiary/aromatic N) is 2. The van der Waals surface area contributed by atoms with Gasteiger partial charge in [-0.15, -0.1) is 0 Å². The van der Waals surface area contributed by atoms with E-state index < -0.39 is 0 Å². The lowest BCUT2D eigenvalue weighted by molar-refractivity contribution is -0.121. The summed E-state index contributed by atoms with van der Waals surface area (Å²) in [6, 6.07) is 17.5. The van der Waals surface area contributed by atoms with Crippen molar-refractivity contribution in [3.05, 3.63) is 72.6 Å². The Morgan fingerprint density at radius 1 is 1.03 bits per heavy atom. The summed E-state index contributed by atoms with van der Waals surface area (Å²) in [5.41, 5.74) is 2.11. The monoisotopic (exact) mass is 393 g/mol. The van der Waals surface area contributed by atoms with E-state index >= 15 is 0 Å². The maximum absolute atomic E-state index is 12.0. The summed E-state index contributed by atoms with van der Waals surface area (Å²) in [5.74, 6) is 1.47. The van der Waals surface area contributed by atoms with Crippen molar-refractivity contribution < 1.29 is 14.3 Å². The second-order valence-corrected chi connectivity index (χ2v) is 6.56. The first-order valence-corrected chi connectivity index (χ1v) is 9.96. The van der Waals surface area contributed by atoms with Gasteiger partial charge < -0.3 is 14.8 Å². The number of benzene rings is 2. The van der Waals surface area contributed by atoms with E-state index in [0.29, 0.717) is 38.3 Å². The SMILES string of the molecule is CCOc1ccccc1OCCCC(=O)NCCc1cnn(-c2ccccc2)c1. The molecule has 0 bridgehead atoms. The van der Waals surface area contributed by atoms with Crippen LogP contribution in [-0.4, -0.2) is 35.4 Å². The Hall–Kier alpha value is -3.28. The third-order valence-corrected chi connectivity index (χ3v) is 4.35. The molecule has 6 heteroatoms. The first kappa shape index (κ1) is 20.5. The zero-order valence-electron chi connectivity index (χ0n) is 16.7. The minimum Gasteiger partial charge on any atom is -0.490 e. The van der Waals surface area contributed by atoms with Gasteiger partial charge in [-0.05, 0) is 49.6 Å². The summed E-state index contributed by atoms with van der Waals surface area (Å²) >= 11 is 0. The van der Waals surface area contributed by atoms with Gasteiger partial charge in [0.25, 0.3) is 0 Å². The van der Waals surface area contributed by atoms with E-state index in [2.05, 4.69) is 10.4 Å². The molecule has 0 unspecified atom stereocenters. The average Bonchev–Trinajstić information content (AvgIpc) is 3.22. The number of rotatable bonds is 11. The molecule has 0 aliphatic rings. The first-order chi connectivity index (χ1) is 14.3. The van der Waals surface area contributed by atoms with Crippen LogP contribution in [0.1, 0.15) is 25.3 Å². The smallest absolute Gasteiger partial charge is 0.220 e. The summed E-state index contributed by atoms with van der Waals surface area (Å²) in [5, 5.41) is 7.33. The van der Waals surface area contributed by atoms with E-state index in [4.69, 9.17) is 9.47 Å². The molecule has 0 aliphatic heterocycles. The highest BCUT2D eigenvalue weighted by atomic mass is 16.5. The number of hydrogen-bond acceptors (Lipinski definition) is 4. The third kappa shape index (κ3) is 6.38. The molecule has 152 valence electrons. The van der Waals surface area contributed by atoms with Crippen molar-refractivity contribution in [1.82, 2.24) is 15.1 Å². The summed E-state index contributed by atoms with van der Waals surface area (Å²) in [6.45, 7) is 3.59. The molecule has 0 saturated heterocycles. The predicted molar refractivity (Wildman–Crippen MR) is 113 cm³/mol. The molecule has 6 nitrogen and oxygen atoms in total. The molecule has 0 atom stereocenters. The third-order valence-electron chi connectivity index (χ3n) is 4.35. The molecule has 3 rings (SSSR count). The molecule has 29 heavy (non-hydrogen) atoms. The van der Waals surface area contributed by atoms with Gasteiger partial charge in [-0.2, -0.15) is 5.10 Å². The van der Waals surface area contributed by atoms with Crippen LogP contribution in [0.3, 0.4) is 0 Å². The minimum absolute atomic E-state index is 0.0298. The fourth-order valence-corrected chi connectivity index (χ4v) is 2.90.